The van der Waals surface area contributed by atoms with Crippen molar-refractivity contribution >= 4 is 17.8 Å². The number of nitrogens with one attached hydrogen (secondary N) is 2. The summed E-state index contributed by atoms with van der Waals surface area (Å²) in [4.78, 5) is 36.3. The summed E-state index contributed by atoms with van der Waals surface area (Å²) in [6.07, 6.45) is -3.91. The fourth-order valence-corrected chi connectivity index (χ4v) is 2.62. The van der Waals surface area contributed by atoms with Crippen LogP contribution in [0.15, 0.2) is 60.7 Å². The topological polar surface area (TPSA) is 125 Å². The van der Waals surface area contributed by atoms with Crippen LogP contribution in [-0.2, 0) is 32.1 Å². The molecule has 8 heteroatoms. The second kappa shape index (κ2) is 10.9. The predicted molar refractivity (Wildman–Crippen MR) is 104 cm³/mol. The minimum Gasteiger partial charge on any atom is -0.467 e. The Balaban J connectivity index is 1.94. The van der Waals surface area contributed by atoms with Gasteiger partial charge in [-0.05, 0) is 11.1 Å². The van der Waals surface area contributed by atoms with E-state index < -0.39 is 36.0 Å². The summed E-state index contributed by atoms with van der Waals surface area (Å²) in [5.41, 5.74) is 1.56. The van der Waals surface area contributed by atoms with E-state index in [2.05, 4.69) is 15.4 Å². The largest absolute Gasteiger partial charge is 0.467 e. The van der Waals surface area contributed by atoms with E-state index in [0.717, 1.165) is 11.1 Å². The van der Waals surface area contributed by atoms with Gasteiger partial charge in [0.1, 0.15) is 6.04 Å². The van der Waals surface area contributed by atoms with Gasteiger partial charge in [-0.25, -0.2) is 4.79 Å². The van der Waals surface area contributed by atoms with Gasteiger partial charge in [0.05, 0.1) is 7.11 Å². The highest BCUT2D eigenvalue weighted by Gasteiger charge is 2.33. The monoisotopic (exact) mass is 400 g/mol. The zero-order valence-electron chi connectivity index (χ0n) is 15.9. The fourth-order valence-electron chi connectivity index (χ4n) is 2.62. The zero-order valence-corrected chi connectivity index (χ0v) is 15.9. The molecular weight excluding hydrogens is 376 g/mol. The highest BCUT2D eigenvalue weighted by Crippen LogP contribution is 2.06. The van der Waals surface area contributed by atoms with Crippen molar-refractivity contribution in [2.24, 2.45) is 0 Å². The lowest BCUT2D eigenvalue weighted by molar-refractivity contribution is -0.150. The molecule has 0 aliphatic carbocycles. The van der Waals surface area contributed by atoms with E-state index in [4.69, 9.17) is 0 Å². The third kappa shape index (κ3) is 6.70. The van der Waals surface area contributed by atoms with Gasteiger partial charge in [-0.3, -0.25) is 9.59 Å². The van der Waals surface area contributed by atoms with Gasteiger partial charge in [0, 0.05) is 13.0 Å². The molecule has 0 heterocycles. The Morgan fingerprint density at radius 3 is 1.93 bits per heavy atom. The molecule has 2 aromatic rings. The maximum Gasteiger partial charge on any atom is 0.328 e. The molecule has 154 valence electrons. The van der Waals surface area contributed by atoms with E-state index in [9.17, 15) is 24.6 Å². The molecule has 0 aromatic heterocycles. The number of carbonyl (C=O) groups excluding carboxylic acids is 3. The maximum atomic E-state index is 12.3. The highest BCUT2D eigenvalue weighted by molar-refractivity contribution is 5.92. The van der Waals surface area contributed by atoms with Crippen LogP contribution < -0.4 is 10.6 Å². The Morgan fingerprint density at radius 1 is 0.862 bits per heavy atom. The van der Waals surface area contributed by atoms with Crippen molar-refractivity contribution in [1.29, 1.82) is 0 Å². The van der Waals surface area contributed by atoms with Crippen molar-refractivity contribution in [3.8, 4) is 0 Å². The summed E-state index contributed by atoms with van der Waals surface area (Å²) in [5.74, 6) is -2.68. The number of carbonyl (C=O) groups is 3. The standard InChI is InChI=1S/C21H24N2O6/c1-29-21(28)16(12-14-8-4-2-5-9-14)23-20(27)18(25)17(24)19(26)22-13-15-10-6-3-7-11-15/h2-11,16-18,24-25H,12-13H2,1H3,(H,22,26)(H,23,27)/t16-,17-,18?/m1/s1. The first-order valence-electron chi connectivity index (χ1n) is 9.02. The van der Waals surface area contributed by atoms with Crippen molar-refractivity contribution in [2.45, 2.75) is 31.2 Å². The second-order valence-electron chi connectivity index (χ2n) is 6.37. The first-order valence-corrected chi connectivity index (χ1v) is 9.02. The molecule has 2 rings (SSSR count). The van der Waals surface area contributed by atoms with Crippen molar-refractivity contribution in [1.82, 2.24) is 10.6 Å². The summed E-state index contributed by atoms with van der Waals surface area (Å²) >= 11 is 0. The number of aliphatic hydroxyl groups is 2. The predicted octanol–water partition coefficient (Wildman–Crippen LogP) is -0.0749. The van der Waals surface area contributed by atoms with E-state index in [1.54, 1.807) is 48.5 Å². The summed E-state index contributed by atoms with van der Waals surface area (Å²) in [6, 6.07) is 16.8. The number of aliphatic hydroxyl groups excluding tert-OH is 2. The van der Waals surface area contributed by atoms with Crippen LogP contribution >= 0.6 is 0 Å². The third-order valence-electron chi connectivity index (χ3n) is 4.23. The molecule has 1 unspecified atom stereocenters. The molecule has 0 radical (unpaired) electrons. The van der Waals surface area contributed by atoms with E-state index in [0.29, 0.717) is 0 Å². The molecule has 2 amide bonds. The van der Waals surface area contributed by atoms with Crippen molar-refractivity contribution in [2.75, 3.05) is 7.11 Å². The first-order chi connectivity index (χ1) is 13.9. The zero-order chi connectivity index (χ0) is 21.2. The molecule has 3 atom stereocenters. The molecule has 0 spiro atoms. The Labute approximate surface area is 168 Å². The number of rotatable bonds is 9. The SMILES string of the molecule is COC(=O)[C@@H](Cc1ccccc1)NC(=O)C(O)[C@@H](O)C(=O)NCc1ccccc1. The Bertz CT molecular complexity index is 812. The van der Waals surface area contributed by atoms with Gasteiger partial charge in [0.25, 0.3) is 11.8 Å². The van der Waals surface area contributed by atoms with Crippen LogP contribution in [0.2, 0.25) is 0 Å². The number of ether oxygens (including phenoxy) is 1. The number of hydrogen-bond acceptors (Lipinski definition) is 6. The molecule has 29 heavy (non-hydrogen) atoms. The molecular formula is C21H24N2O6. The third-order valence-corrected chi connectivity index (χ3v) is 4.23. The van der Waals surface area contributed by atoms with Gasteiger partial charge in [-0.15, -0.1) is 0 Å². The van der Waals surface area contributed by atoms with Crippen LogP contribution in [0.5, 0.6) is 0 Å². The molecule has 0 bridgehead atoms. The Morgan fingerprint density at radius 2 is 1.38 bits per heavy atom. The van der Waals surface area contributed by atoms with E-state index in [1.165, 1.54) is 7.11 Å². The number of methoxy groups -OCH3 is 1. The minimum absolute atomic E-state index is 0.127. The Kier molecular flexibility index (Phi) is 8.32. The van der Waals surface area contributed by atoms with Crippen LogP contribution in [0.4, 0.5) is 0 Å². The summed E-state index contributed by atoms with van der Waals surface area (Å²) < 4.78 is 4.68. The summed E-state index contributed by atoms with van der Waals surface area (Å²) in [6.45, 7) is 0.129. The molecule has 0 saturated heterocycles. The smallest absolute Gasteiger partial charge is 0.328 e. The van der Waals surface area contributed by atoms with Crippen molar-refractivity contribution in [3.05, 3.63) is 71.8 Å². The van der Waals surface area contributed by atoms with Crippen molar-refractivity contribution < 1.29 is 29.3 Å². The van der Waals surface area contributed by atoms with Crippen LogP contribution in [0, 0.1) is 0 Å². The number of benzene rings is 2. The molecule has 8 nitrogen and oxygen atoms in total. The minimum atomic E-state index is -2.05. The summed E-state index contributed by atoms with van der Waals surface area (Å²) in [5, 5.41) is 24.8. The lowest BCUT2D eigenvalue weighted by atomic mass is 10.0. The average Bonchev–Trinajstić information content (AvgIpc) is 2.76. The lowest BCUT2D eigenvalue weighted by Gasteiger charge is -2.21. The van der Waals surface area contributed by atoms with Gasteiger partial charge in [0.15, 0.2) is 12.2 Å². The normalized spacial score (nSPS) is 13.6. The van der Waals surface area contributed by atoms with E-state index in [-0.39, 0.29) is 13.0 Å². The van der Waals surface area contributed by atoms with Crippen molar-refractivity contribution in [3.63, 3.8) is 0 Å². The first kappa shape index (κ1) is 22.1. The number of esters is 1. The lowest BCUT2D eigenvalue weighted by Crippen LogP contribution is -2.53. The van der Waals surface area contributed by atoms with Gasteiger partial charge >= 0.3 is 5.97 Å². The van der Waals surface area contributed by atoms with Crippen LogP contribution in [-0.4, -0.2) is 53.4 Å². The van der Waals surface area contributed by atoms with Gasteiger partial charge in [0.2, 0.25) is 0 Å². The molecule has 2 aromatic carbocycles. The summed E-state index contributed by atoms with van der Waals surface area (Å²) in [7, 11) is 1.18. The highest BCUT2D eigenvalue weighted by atomic mass is 16.5. The molecule has 4 N–H and O–H groups in total. The fraction of sp³-hybridized carbons (Fsp3) is 0.286. The van der Waals surface area contributed by atoms with E-state index in [1.807, 2.05) is 12.1 Å². The molecule has 0 saturated carbocycles. The van der Waals surface area contributed by atoms with Crippen LogP contribution in [0.3, 0.4) is 0 Å². The quantitative estimate of drug-likeness (QED) is 0.437. The average molecular weight is 400 g/mol. The number of hydrogen-bond donors (Lipinski definition) is 4. The van der Waals surface area contributed by atoms with Gasteiger partial charge in [-0.1, -0.05) is 60.7 Å². The van der Waals surface area contributed by atoms with Gasteiger partial charge in [-0.2, -0.15) is 0 Å². The maximum absolute atomic E-state index is 12.3. The molecule has 0 fully saturated rings. The van der Waals surface area contributed by atoms with Crippen LogP contribution in [0.1, 0.15) is 11.1 Å². The molecule has 0 aliphatic rings. The second-order valence-corrected chi connectivity index (χ2v) is 6.37. The van der Waals surface area contributed by atoms with E-state index >= 15 is 0 Å². The van der Waals surface area contributed by atoms with Crippen LogP contribution in [0.25, 0.3) is 0 Å². The Hall–Kier alpha value is -3.23. The number of amides is 2. The molecule has 0 aliphatic heterocycles. The van der Waals surface area contributed by atoms with Gasteiger partial charge < -0.3 is 25.6 Å².